The molecule has 0 spiro atoms. The molecule has 1 unspecified atom stereocenters. The second-order valence-electron chi connectivity index (χ2n) is 5.33. The van der Waals surface area contributed by atoms with E-state index >= 15 is 0 Å². The van der Waals surface area contributed by atoms with Crippen LogP contribution in [-0.4, -0.2) is 15.5 Å². The van der Waals surface area contributed by atoms with Crippen molar-refractivity contribution >= 4 is 27.3 Å². The van der Waals surface area contributed by atoms with E-state index in [0.717, 1.165) is 12.0 Å². The summed E-state index contributed by atoms with van der Waals surface area (Å²) in [6.45, 7) is 4.21. The third-order valence-electron chi connectivity index (χ3n) is 3.78. The lowest BCUT2D eigenvalue weighted by molar-refractivity contribution is 0.415. The number of methoxy groups -OCH3 is 1. The molecule has 1 N–H and O–H groups in total. The third-order valence-corrected chi connectivity index (χ3v) is 5.47. The number of ether oxygens (including phenoxy) is 1. The van der Waals surface area contributed by atoms with Crippen LogP contribution in [0.3, 0.4) is 0 Å². The highest BCUT2D eigenvalue weighted by atomic mass is 35.5. The van der Waals surface area contributed by atoms with Crippen LogP contribution in [0.1, 0.15) is 31.7 Å². The molecule has 0 aliphatic heterocycles. The Morgan fingerprint density at radius 1 is 1.17 bits per heavy atom. The van der Waals surface area contributed by atoms with Gasteiger partial charge >= 0.3 is 0 Å². The van der Waals surface area contributed by atoms with Crippen LogP contribution in [0.5, 0.6) is 5.75 Å². The molecule has 0 amide bonds. The molecular formula is C17H20ClNO3S. The topological polar surface area (TPSA) is 55.4 Å². The summed E-state index contributed by atoms with van der Waals surface area (Å²) in [6.07, 6.45) is 1.01. The number of hydrogen-bond donors (Lipinski definition) is 1. The normalized spacial score (nSPS) is 12.7. The minimum Gasteiger partial charge on any atom is -0.495 e. The largest absolute Gasteiger partial charge is 0.495 e. The molecule has 2 rings (SSSR count). The summed E-state index contributed by atoms with van der Waals surface area (Å²) in [6, 6.07) is 11.7. The van der Waals surface area contributed by atoms with Gasteiger partial charge in [-0.2, -0.15) is 0 Å². The highest BCUT2D eigenvalue weighted by Gasteiger charge is 2.15. The molecule has 0 heterocycles. The first-order valence-corrected chi connectivity index (χ1v) is 9.19. The second kappa shape index (κ2) is 7.23. The summed E-state index contributed by atoms with van der Waals surface area (Å²) in [5.41, 5.74) is 1.51. The Kier molecular flexibility index (Phi) is 5.55. The Morgan fingerprint density at radius 3 is 2.35 bits per heavy atom. The quantitative estimate of drug-likeness (QED) is 0.821. The molecule has 2 aromatic carbocycles. The monoisotopic (exact) mass is 353 g/mol. The lowest BCUT2D eigenvalue weighted by atomic mass is 9.99. The minimum atomic E-state index is -3.65. The van der Waals surface area contributed by atoms with E-state index in [1.165, 1.54) is 13.2 Å². The fraction of sp³-hybridized carbons (Fsp3) is 0.294. The van der Waals surface area contributed by atoms with Gasteiger partial charge in [-0.15, -0.1) is 0 Å². The second-order valence-corrected chi connectivity index (χ2v) is 7.42. The Hall–Kier alpha value is -1.72. The molecule has 1 atom stereocenters. The predicted molar refractivity (Wildman–Crippen MR) is 94.0 cm³/mol. The molecule has 0 aromatic heterocycles. The van der Waals surface area contributed by atoms with Gasteiger partial charge in [0.2, 0.25) is 0 Å². The molecule has 0 aliphatic rings. The smallest absolute Gasteiger partial charge is 0.261 e. The maximum Gasteiger partial charge on any atom is 0.261 e. The van der Waals surface area contributed by atoms with Crippen LogP contribution in [-0.2, 0) is 10.0 Å². The number of sulfonamides is 1. The van der Waals surface area contributed by atoms with Gasteiger partial charge in [0.25, 0.3) is 10.0 Å². The molecule has 2 aromatic rings. The predicted octanol–water partition coefficient (Wildman–Crippen LogP) is 4.66. The van der Waals surface area contributed by atoms with Gasteiger partial charge in [-0.25, -0.2) is 8.42 Å². The van der Waals surface area contributed by atoms with E-state index in [-0.39, 0.29) is 4.90 Å². The molecule has 0 aliphatic carbocycles. The zero-order valence-electron chi connectivity index (χ0n) is 13.3. The number of halogens is 1. The lowest BCUT2D eigenvalue weighted by Crippen LogP contribution is -2.13. The molecule has 124 valence electrons. The van der Waals surface area contributed by atoms with Crippen molar-refractivity contribution in [3.63, 3.8) is 0 Å². The van der Waals surface area contributed by atoms with Crippen molar-refractivity contribution in [2.24, 2.45) is 0 Å². The minimum absolute atomic E-state index is 0.219. The van der Waals surface area contributed by atoms with E-state index in [4.69, 9.17) is 16.3 Å². The Morgan fingerprint density at radius 2 is 1.83 bits per heavy atom. The first kappa shape index (κ1) is 17.6. The lowest BCUT2D eigenvalue weighted by Gasteiger charge is -2.12. The Bertz CT molecular complexity index is 773. The van der Waals surface area contributed by atoms with E-state index in [9.17, 15) is 8.42 Å². The fourth-order valence-corrected chi connectivity index (χ4v) is 3.46. The molecule has 0 radical (unpaired) electrons. The van der Waals surface area contributed by atoms with Gasteiger partial charge in [-0.1, -0.05) is 37.6 Å². The first-order valence-electron chi connectivity index (χ1n) is 7.33. The maximum absolute atomic E-state index is 12.4. The third kappa shape index (κ3) is 4.18. The summed E-state index contributed by atoms with van der Waals surface area (Å²) in [5.74, 6) is 0.896. The van der Waals surface area contributed by atoms with Crippen molar-refractivity contribution in [3.8, 4) is 5.75 Å². The van der Waals surface area contributed by atoms with E-state index in [1.54, 1.807) is 24.3 Å². The Labute approximate surface area is 142 Å². The van der Waals surface area contributed by atoms with Gasteiger partial charge in [0, 0.05) is 0 Å². The van der Waals surface area contributed by atoms with Crippen molar-refractivity contribution in [3.05, 3.63) is 53.1 Å². The summed E-state index contributed by atoms with van der Waals surface area (Å²) >= 11 is 6.02. The standard InChI is InChI=1S/C17H20ClNO3S/c1-4-12(2)13-5-8-15(9-6-13)23(20,21)19-14-7-10-17(22-3)16(18)11-14/h5-12,19H,4H2,1-3H3. The number of nitrogens with one attached hydrogen (secondary N) is 1. The number of anilines is 1. The highest BCUT2D eigenvalue weighted by Crippen LogP contribution is 2.28. The van der Waals surface area contributed by atoms with Crippen LogP contribution in [0.15, 0.2) is 47.4 Å². The number of benzene rings is 2. The van der Waals surface area contributed by atoms with Gasteiger partial charge in [-0.3, -0.25) is 4.72 Å². The molecule has 0 saturated heterocycles. The molecule has 6 heteroatoms. The number of hydrogen-bond acceptors (Lipinski definition) is 3. The van der Waals surface area contributed by atoms with Crippen molar-refractivity contribution in [1.82, 2.24) is 0 Å². The van der Waals surface area contributed by atoms with Crippen molar-refractivity contribution < 1.29 is 13.2 Å². The molecule has 23 heavy (non-hydrogen) atoms. The van der Waals surface area contributed by atoms with Crippen molar-refractivity contribution in [2.45, 2.75) is 31.1 Å². The van der Waals surface area contributed by atoms with Crippen LogP contribution < -0.4 is 9.46 Å². The van der Waals surface area contributed by atoms with Gasteiger partial charge in [0.05, 0.1) is 22.7 Å². The zero-order chi connectivity index (χ0) is 17.0. The summed E-state index contributed by atoms with van der Waals surface area (Å²) in [4.78, 5) is 0.219. The van der Waals surface area contributed by atoms with Gasteiger partial charge in [0.15, 0.2) is 0 Å². The van der Waals surface area contributed by atoms with E-state index in [2.05, 4.69) is 18.6 Å². The van der Waals surface area contributed by atoms with Crippen LogP contribution in [0.25, 0.3) is 0 Å². The summed E-state index contributed by atoms with van der Waals surface area (Å²) < 4.78 is 32.4. The summed E-state index contributed by atoms with van der Waals surface area (Å²) in [5, 5.41) is 0.347. The molecule has 4 nitrogen and oxygen atoms in total. The van der Waals surface area contributed by atoms with Crippen molar-refractivity contribution in [2.75, 3.05) is 11.8 Å². The van der Waals surface area contributed by atoms with Gasteiger partial charge in [-0.05, 0) is 48.2 Å². The van der Waals surface area contributed by atoms with Crippen LogP contribution >= 0.6 is 11.6 Å². The molecular weight excluding hydrogens is 334 g/mol. The average molecular weight is 354 g/mol. The number of rotatable bonds is 6. The van der Waals surface area contributed by atoms with Crippen LogP contribution in [0.4, 0.5) is 5.69 Å². The van der Waals surface area contributed by atoms with E-state index < -0.39 is 10.0 Å². The maximum atomic E-state index is 12.4. The van der Waals surface area contributed by atoms with Crippen LogP contribution in [0.2, 0.25) is 5.02 Å². The molecule has 0 fully saturated rings. The zero-order valence-corrected chi connectivity index (χ0v) is 14.9. The SMILES string of the molecule is CCC(C)c1ccc(S(=O)(=O)Nc2ccc(OC)c(Cl)c2)cc1. The van der Waals surface area contributed by atoms with E-state index in [1.807, 2.05) is 12.1 Å². The summed E-state index contributed by atoms with van der Waals surface area (Å²) in [7, 11) is -2.14. The molecule has 0 bridgehead atoms. The van der Waals surface area contributed by atoms with Crippen LogP contribution in [0, 0.1) is 0 Å². The van der Waals surface area contributed by atoms with Gasteiger partial charge in [0.1, 0.15) is 5.75 Å². The van der Waals surface area contributed by atoms with E-state index in [0.29, 0.717) is 22.4 Å². The van der Waals surface area contributed by atoms with Crippen molar-refractivity contribution in [1.29, 1.82) is 0 Å². The average Bonchev–Trinajstić information content (AvgIpc) is 2.54. The first-order chi connectivity index (χ1) is 10.9. The van der Waals surface area contributed by atoms with Gasteiger partial charge < -0.3 is 4.74 Å². The Balaban J connectivity index is 2.23. The highest BCUT2D eigenvalue weighted by molar-refractivity contribution is 7.92. The molecule has 0 saturated carbocycles. The fourth-order valence-electron chi connectivity index (χ4n) is 2.16.